The van der Waals surface area contributed by atoms with Gasteiger partial charge in [-0.25, -0.2) is 4.79 Å². The van der Waals surface area contributed by atoms with Crippen molar-refractivity contribution in [2.45, 2.75) is 187 Å². The molecule has 0 radical (unpaired) electrons. The molecule has 0 rings (SSSR count). The average molecular weight is 709 g/mol. The van der Waals surface area contributed by atoms with Crippen molar-refractivity contribution in [1.82, 2.24) is 0 Å². The number of hydrogen-bond donors (Lipinski definition) is 1. The van der Waals surface area contributed by atoms with Crippen LogP contribution < -0.4 is 0 Å². The predicted molar refractivity (Wildman–Crippen MR) is 206 cm³/mol. The first kappa shape index (κ1) is 47.8. The van der Waals surface area contributed by atoms with Crippen molar-refractivity contribution in [3.63, 3.8) is 0 Å². The lowest BCUT2D eigenvalue weighted by molar-refractivity contribution is -0.887. The summed E-state index contributed by atoms with van der Waals surface area (Å²) in [5, 5.41) is 9.59. The lowest BCUT2D eigenvalue weighted by atomic mass is 10.1. The molecule has 0 aromatic rings. The monoisotopic (exact) mass is 709 g/mol. The zero-order valence-corrected chi connectivity index (χ0v) is 33.1. The standard InChI is InChI=1S/C42H77NO7/c1-6-8-10-12-14-16-18-19-20-21-23-24-26-28-30-32-40(44)49-37-38(36-48-35-34-39(42(46)47)43(3,4)5)50-41(45)33-31-29-27-25-22-17-15-13-11-9-7-2/h13,15-16,18,38-39H,6-12,14,17,19-37H2,1-5H3/p+1/b15-13+,18-16+. The zero-order chi connectivity index (χ0) is 37.1. The van der Waals surface area contributed by atoms with Gasteiger partial charge in [-0.05, 0) is 57.8 Å². The highest BCUT2D eigenvalue weighted by atomic mass is 16.6. The molecule has 8 nitrogen and oxygen atoms in total. The number of carbonyl (C=O) groups is 3. The minimum Gasteiger partial charge on any atom is -0.477 e. The fraction of sp³-hybridized carbons (Fsp3) is 0.833. The van der Waals surface area contributed by atoms with Crippen LogP contribution in [0.5, 0.6) is 0 Å². The Hall–Kier alpha value is -2.19. The quantitative estimate of drug-likeness (QED) is 0.0299. The van der Waals surface area contributed by atoms with Gasteiger partial charge in [0.2, 0.25) is 0 Å². The number of carbonyl (C=O) groups excluding carboxylic acids is 2. The normalized spacial score (nSPS) is 13.2. The largest absolute Gasteiger partial charge is 0.477 e. The first-order chi connectivity index (χ1) is 24.1. The van der Waals surface area contributed by atoms with Crippen LogP contribution in [0.4, 0.5) is 0 Å². The number of rotatable bonds is 36. The Bertz CT molecular complexity index is 880. The van der Waals surface area contributed by atoms with E-state index in [9.17, 15) is 19.5 Å². The van der Waals surface area contributed by atoms with Gasteiger partial charge in [0, 0.05) is 19.3 Å². The Kier molecular flexibility index (Phi) is 32.4. The van der Waals surface area contributed by atoms with Crippen LogP contribution in [0, 0.1) is 0 Å². The second kappa shape index (κ2) is 33.9. The van der Waals surface area contributed by atoms with Gasteiger partial charge in [-0.15, -0.1) is 0 Å². The van der Waals surface area contributed by atoms with Crippen LogP contribution in [0.1, 0.15) is 174 Å². The summed E-state index contributed by atoms with van der Waals surface area (Å²) in [5.74, 6) is -1.48. The number of aliphatic carboxylic acids is 1. The van der Waals surface area contributed by atoms with E-state index in [4.69, 9.17) is 14.2 Å². The Labute approximate surface area is 307 Å². The summed E-state index contributed by atoms with van der Waals surface area (Å²) in [5.41, 5.74) is 0. The van der Waals surface area contributed by atoms with Crippen molar-refractivity contribution in [1.29, 1.82) is 0 Å². The van der Waals surface area contributed by atoms with E-state index in [0.717, 1.165) is 51.4 Å². The maximum absolute atomic E-state index is 12.6. The third-order valence-corrected chi connectivity index (χ3v) is 9.07. The molecule has 0 aliphatic rings. The second-order valence-corrected chi connectivity index (χ2v) is 14.9. The van der Waals surface area contributed by atoms with Crippen LogP contribution in [0.2, 0.25) is 0 Å². The molecule has 2 atom stereocenters. The highest BCUT2D eigenvalue weighted by Crippen LogP contribution is 2.13. The molecule has 292 valence electrons. The van der Waals surface area contributed by atoms with Gasteiger partial charge < -0.3 is 23.8 Å². The Balaban J connectivity index is 4.38. The smallest absolute Gasteiger partial charge is 0.362 e. The van der Waals surface area contributed by atoms with Crippen molar-refractivity contribution >= 4 is 17.9 Å². The summed E-state index contributed by atoms with van der Waals surface area (Å²) in [6.45, 7) is 4.67. The summed E-state index contributed by atoms with van der Waals surface area (Å²) in [6.07, 6.45) is 35.0. The molecule has 50 heavy (non-hydrogen) atoms. The van der Waals surface area contributed by atoms with Crippen molar-refractivity contribution in [2.24, 2.45) is 0 Å². The Morgan fingerprint density at radius 1 is 0.580 bits per heavy atom. The lowest BCUT2D eigenvalue weighted by Gasteiger charge is -2.31. The van der Waals surface area contributed by atoms with E-state index in [1.54, 1.807) is 0 Å². The fourth-order valence-electron chi connectivity index (χ4n) is 5.83. The number of nitrogens with zero attached hydrogens (tertiary/aromatic N) is 1. The molecule has 0 heterocycles. The maximum Gasteiger partial charge on any atom is 0.362 e. The molecule has 0 spiro atoms. The van der Waals surface area contributed by atoms with Gasteiger partial charge in [-0.1, -0.05) is 122 Å². The van der Waals surface area contributed by atoms with Crippen LogP contribution >= 0.6 is 0 Å². The second-order valence-electron chi connectivity index (χ2n) is 14.9. The van der Waals surface area contributed by atoms with Gasteiger partial charge in [0.25, 0.3) is 0 Å². The Morgan fingerprint density at radius 2 is 1.02 bits per heavy atom. The van der Waals surface area contributed by atoms with E-state index < -0.39 is 18.1 Å². The molecule has 1 N–H and O–H groups in total. The van der Waals surface area contributed by atoms with Gasteiger partial charge >= 0.3 is 17.9 Å². The fourth-order valence-corrected chi connectivity index (χ4v) is 5.83. The van der Waals surface area contributed by atoms with Gasteiger partial charge in [0.1, 0.15) is 6.61 Å². The van der Waals surface area contributed by atoms with Gasteiger partial charge in [-0.3, -0.25) is 9.59 Å². The first-order valence-corrected chi connectivity index (χ1v) is 20.4. The lowest BCUT2D eigenvalue weighted by Crippen LogP contribution is -2.50. The van der Waals surface area contributed by atoms with Crippen molar-refractivity contribution in [2.75, 3.05) is 41.0 Å². The van der Waals surface area contributed by atoms with E-state index in [0.29, 0.717) is 19.3 Å². The van der Waals surface area contributed by atoms with Crippen molar-refractivity contribution in [3.05, 3.63) is 24.3 Å². The van der Waals surface area contributed by atoms with Crippen LogP contribution in [0.25, 0.3) is 0 Å². The topological polar surface area (TPSA) is 99.1 Å². The van der Waals surface area contributed by atoms with Crippen molar-refractivity contribution < 1.29 is 38.2 Å². The minimum absolute atomic E-state index is 0.0543. The van der Waals surface area contributed by atoms with E-state index >= 15 is 0 Å². The first-order valence-electron chi connectivity index (χ1n) is 20.4. The number of allylic oxidation sites excluding steroid dienone is 4. The molecule has 0 saturated heterocycles. The summed E-state index contributed by atoms with van der Waals surface area (Å²) in [6, 6.07) is -0.613. The third-order valence-electron chi connectivity index (χ3n) is 9.07. The van der Waals surface area contributed by atoms with Crippen LogP contribution in [0.3, 0.4) is 0 Å². The summed E-state index contributed by atoms with van der Waals surface area (Å²) >= 11 is 0. The molecular formula is C42H78NO7+. The molecule has 0 amide bonds. The van der Waals surface area contributed by atoms with Gasteiger partial charge in [-0.2, -0.15) is 0 Å². The number of esters is 2. The number of hydrogen-bond acceptors (Lipinski definition) is 6. The maximum atomic E-state index is 12.6. The van der Waals surface area contributed by atoms with E-state index in [2.05, 4.69) is 38.2 Å². The molecular weight excluding hydrogens is 630 g/mol. The summed E-state index contributed by atoms with van der Waals surface area (Å²) in [4.78, 5) is 36.8. The molecule has 0 aliphatic carbocycles. The number of quaternary nitrogens is 1. The molecule has 0 saturated carbocycles. The minimum atomic E-state index is -0.877. The number of carboxylic acid groups (broad SMARTS) is 1. The number of ether oxygens (including phenoxy) is 3. The average Bonchev–Trinajstić information content (AvgIpc) is 3.06. The zero-order valence-electron chi connectivity index (χ0n) is 33.1. The summed E-state index contributed by atoms with van der Waals surface area (Å²) in [7, 11) is 5.52. The van der Waals surface area contributed by atoms with Crippen LogP contribution in [-0.4, -0.2) is 80.6 Å². The van der Waals surface area contributed by atoms with Crippen molar-refractivity contribution in [3.8, 4) is 0 Å². The summed E-state index contributed by atoms with van der Waals surface area (Å²) < 4.78 is 17.2. The highest BCUT2D eigenvalue weighted by molar-refractivity contribution is 5.72. The molecule has 0 aliphatic heterocycles. The van der Waals surface area contributed by atoms with Gasteiger partial charge in [0.15, 0.2) is 12.1 Å². The Morgan fingerprint density at radius 3 is 1.50 bits per heavy atom. The van der Waals surface area contributed by atoms with E-state index in [1.807, 2.05) is 21.1 Å². The molecule has 0 aromatic carbocycles. The number of carboxylic acids is 1. The highest BCUT2D eigenvalue weighted by Gasteiger charge is 2.31. The third kappa shape index (κ3) is 31.8. The van der Waals surface area contributed by atoms with E-state index in [1.165, 1.54) is 89.9 Å². The number of unbranched alkanes of at least 4 members (excludes halogenated alkanes) is 18. The molecule has 2 unspecified atom stereocenters. The molecule has 0 fully saturated rings. The van der Waals surface area contributed by atoms with E-state index in [-0.39, 0.29) is 36.2 Å². The molecule has 8 heteroatoms. The van der Waals surface area contributed by atoms with Gasteiger partial charge in [0.05, 0.1) is 34.4 Å². The molecule has 0 bridgehead atoms. The van der Waals surface area contributed by atoms with Crippen LogP contribution in [-0.2, 0) is 28.6 Å². The predicted octanol–water partition coefficient (Wildman–Crippen LogP) is 10.5. The van der Waals surface area contributed by atoms with Crippen LogP contribution in [0.15, 0.2) is 24.3 Å². The molecule has 0 aromatic heterocycles. The number of likely N-dealkylation sites (N-methyl/N-ethyl adjacent to an activating group) is 1. The SMILES string of the molecule is CCCC/C=C/CCCCCCCC(=O)OC(COCCC(C(=O)O)[N+](C)(C)C)COC(=O)CCCCCCCCC/C=C/CCCCCC.